The lowest BCUT2D eigenvalue weighted by Crippen LogP contribution is -2.33. The van der Waals surface area contributed by atoms with Crippen molar-refractivity contribution in [2.45, 2.75) is 18.5 Å². The van der Waals surface area contributed by atoms with E-state index in [2.05, 4.69) is 4.98 Å². The molecule has 1 aromatic rings. The summed E-state index contributed by atoms with van der Waals surface area (Å²) in [5, 5.41) is 9.27. The maximum atomic E-state index is 12.2. The lowest BCUT2D eigenvalue weighted by Gasteiger charge is -2.17. The molecule has 0 aliphatic carbocycles. The Morgan fingerprint density at radius 2 is 2.09 bits per heavy atom. The van der Waals surface area contributed by atoms with Gasteiger partial charge in [-0.25, -0.2) is 12.7 Å². The van der Waals surface area contributed by atoms with Crippen molar-refractivity contribution in [2.24, 2.45) is 5.92 Å². The van der Waals surface area contributed by atoms with Crippen LogP contribution in [0, 0.1) is 5.92 Å². The topological polar surface area (TPSA) is 87.6 Å². The second kappa shape index (κ2) is 6.44. The fourth-order valence-electron chi connectivity index (χ4n) is 2.55. The van der Waals surface area contributed by atoms with Crippen LogP contribution in [0.25, 0.3) is 0 Å². The largest absolute Gasteiger partial charge is 0.481 e. The number of nitrogens with zero attached hydrogens (tertiary/aromatic N) is 2. The van der Waals surface area contributed by atoms with Gasteiger partial charge in [0.25, 0.3) is 0 Å². The number of carbonyl (C=O) groups is 1. The van der Waals surface area contributed by atoms with E-state index in [0.29, 0.717) is 5.56 Å². The van der Waals surface area contributed by atoms with E-state index in [9.17, 15) is 31.5 Å². The van der Waals surface area contributed by atoms with Crippen LogP contribution in [0.2, 0.25) is 0 Å². The highest BCUT2D eigenvalue weighted by Crippen LogP contribution is 2.34. The zero-order valence-corrected chi connectivity index (χ0v) is 12.7. The van der Waals surface area contributed by atoms with E-state index in [4.69, 9.17) is 0 Å². The summed E-state index contributed by atoms with van der Waals surface area (Å²) in [5.74, 6) is -3.92. The Hall–Kier alpha value is -1.68. The summed E-state index contributed by atoms with van der Waals surface area (Å²) in [7, 11) is -4.17. The maximum absolute atomic E-state index is 12.2. The summed E-state index contributed by atoms with van der Waals surface area (Å²) in [6, 6.07) is 3.22. The third-order valence-corrected chi connectivity index (χ3v) is 5.56. The van der Waals surface area contributed by atoms with Crippen LogP contribution in [0.1, 0.15) is 17.9 Å². The van der Waals surface area contributed by atoms with Gasteiger partial charge in [0.2, 0.25) is 10.0 Å². The molecule has 10 heteroatoms. The van der Waals surface area contributed by atoms with Gasteiger partial charge in [0.1, 0.15) is 0 Å². The highest BCUT2D eigenvalue weighted by Gasteiger charge is 2.44. The number of aliphatic carboxylic acids is 1. The van der Waals surface area contributed by atoms with Crippen LogP contribution < -0.4 is 0 Å². The highest BCUT2D eigenvalue weighted by molar-refractivity contribution is 7.89. The third-order valence-electron chi connectivity index (χ3n) is 3.75. The molecule has 6 nitrogen and oxygen atoms in total. The summed E-state index contributed by atoms with van der Waals surface area (Å²) in [6.07, 6.45) is -3.11. The molecule has 0 unspecified atom stereocenters. The predicted molar refractivity (Wildman–Crippen MR) is 74.1 cm³/mol. The first kappa shape index (κ1) is 17.7. The second-order valence-electron chi connectivity index (χ2n) is 5.34. The number of halogens is 3. The van der Waals surface area contributed by atoms with Crippen LogP contribution in [0.15, 0.2) is 24.5 Å². The van der Waals surface area contributed by atoms with E-state index >= 15 is 0 Å². The average molecular weight is 352 g/mol. The van der Waals surface area contributed by atoms with E-state index in [1.807, 2.05) is 0 Å². The van der Waals surface area contributed by atoms with Gasteiger partial charge in [0.15, 0.2) is 0 Å². The van der Waals surface area contributed by atoms with Crippen molar-refractivity contribution in [2.75, 3.05) is 18.8 Å². The predicted octanol–water partition coefficient (Wildman–Crippen LogP) is 1.46. The van der Waals surface area contributed by atoms with Crippen LogP contribution in [0.3, 0.4) is 0 Å². The van der Waals surface area contributed by atoms with Crippen molar-refractivity contribution in [1.82, 2.24) is 9.29 Å². The van der Waals surface area contributed by atoms with E-state index in [-0.39, 0.29) is 13.1 Å². The Balaban J connectivity index is 2.18. The molecule has 1 aliphatic heterocycles. The lowest BCUT2D eigenvalue weighted by molar-refractivity contribution is -0.141. The molecule has 2 rings (SSSR count). The van der Waals surface area contributed by atoms with Gasteiger partial charge in [0, 0.05) is 31.4 Å². The first-order valence-corrected chi connectivity index (χ1v) is 8.38. The third kappa shape index (κ3) is 4.41. The summed E-state index contributed by atoms with van der Waals surface area (Å²) in [4.78, 5) is 15.2. The SMILES string of the molecule is O=C(O)[C@@H]1CN(S(=O)(=O)CCC(F)(F)F)C[C@H]1c1cccnc1. The Morgan fingerprint density at radius 1 is 1.39 bits per heavy atom. The van der Waals surface area contributed by atoms with Crippen LogP contribution >= 0.6 is 0 Å². The van der Waals surface area contributed by atoms with Gasteiger partial charge in [-0.3, -0.25) is 9.78 Å². The van der Waals surface area contributed by atoms with Crippen molar-refractivity contribution in [3.8, 4) is 0 Å². The summed E-state index contributed by atoms with van der Waals surface area (Å²) in [6.45, 7) is -0.502. The minimum atomic E-state index is -4.58. The van der Waals surface area contributed by atoms with E-state index in [0.717, 1.165) is 4.31 Å². The summed E-state index contributed by atoms with van der Waals surface area (Å²) >= 11 is 0. The standard InChI is InChI=1S/C13H15F3N2O4S/c14-13(15,16)3-5-23(21,22)18-7-10(11(8-18)12(19)20)9-2-1-4-17-6-9/h1-2,4,6,10-11H,3,5,7-8H2,(H,19,20)/t10-,11+/m0/s1. The van der Waals surface area contributed by atoms with Crippen LogP contribution in [0.4, 0.5) is 13.2 Å². The Morgan fingerprint density at radius 3 is 2.61 bits per heavy atom. The van der Waals surface area contributed by atoms with Crippen LogP contribution in [-0.4, -0.2) is 53.8 Å². The fourth-order valence-corrected chi connectivity index (χ4v) is 4.07. The molecule has 1 saturated heterocycles. The molecule has 23 heavy (non-hydrogen) atoms. The monoisotopic (exact) mass is 352 g/mol. The zero-order valence-electron chi connectivity index (χ0n) is 11.9. The molecule has 1 aromatic heterocycles. The molecule has 128 valence electrons. The molecule has 0 saturated carbocycles. The Bertz CT molecular complexity index is 664. The summed E-state index contributed by atoms with van der Waals surface area (Å²) in [5.41, 5.74) is 0.549. The fraction of sp³-hybridized carbons (Fsp3) is 0.538. The van der Waals surface area contributed by atoms with E-state index in [1.165, 1.54) is 12.4 Å². The number of hydrogen-bond acceptors (Lipinski definition) is 4. The highest BCUT2D eigenvalue weighted by atomic mass is 32.2. The number of aromatic nitrogens is 1. The Labute approximate surface area is 131 Å². The number of pyridine rings is 1. The molecule has 1 N–H and O–H groups in total. The first-order valence-electron chi connectivity index (χ1n) is 6.77. The number of hydrogen-bond donors (Lipinski definition) is 1. The molecule has 0 bridgehead atoms. The summed E-state index contributed by atoms with van der Waals surface area (Å²) < 4.78 is 61.6. The molecule has 0 radical (unpaired) electrons. The van der Waals surface area contributed by atoms with Crippen molar-refractivity contribution in [1.29, 1.82) is 0 Å². The van der Waals surface area contributed by atoms with Gasteiger partial charge >= 0.3 is 12.1 Å². The van der Waals surface area contributed by atoms with Crippen molar-refractivity contribution >= 4 is 16.0 Å². The van der Waals surface area contributed by atoms with Gasteiger partial charge in [-0.2, -0.15) is 13.2 Å². The second-order valence-corrected chi connectivity index (χ2v) is 7.42. The molecule has 0 amide bonds. The van der Waals surface area contributed by atoms with Crippen molar-refractivity contribution in [3.63, 3.8) is 0 Å². The molecular weight excluding hydrogens is 337 g/mol. The molecule has 0 spiro atoms. The number of carboxylic acid groups (broad SMARTS) is 1. The molecule has 1 fully saturated rings. The quantitative estimate of drug-likeness (QED) is 0.867. The van der Waals surface area contributed by atoms with Gasteiger partial charge in [0.05, 0.1) is 18.1 Å². The minimum Gasteiger partial charge on any atom is -0.481 e. The maximum Gasteiger partial charge on any atom is 0.390 e. The number of carboxylic acids is 1. The number of alkyl halides is 3. The van der Waals surface area contributed by atoms with Crippen molar-refractivity contribution < 1.29 is 31.5 Å². The normalized spacial score (nSPS) is 23.1. The number of sulfonamides is 1. The minimum absolute atomic E-state index is 0.164. The van der Waals surface area contributed by atoms with Crippen LogP contribution in [-0.2, 0) is 14.8 Å². The lowest BCUT2D eigenvalue weighted by atomic mass is 9.90. The van der Waals surface area contributed by atoms with Gasteiger partial charge in [-0.1, -0.05) is 6.07 Å². The van der Waals surface area contributed by atoms with Gasteiger partial charge in [-0.15, -0.1) is 0 Å². The zero-order chi connectivity index (χ0) is 17.3. The van der Waals surface area contributed by atoms with Gasteiger partial charge < -0.3 is 5.11 Å². The first-order chi connectivity index (χ1) is 10.6. The van der Waals surface area contributed by atoms with Crippen LogP contribution in [0.5, 0.6) is 0 Å². The van der Waals surface area contributed by atoms with E-state index < -0.39 is 46.2 Å². The molecular formula is C13H15F3N2O4S. The average Bonchev–Trinajstić information content (AvgIpc) is 2.92. The molecule has 2 heterocycles. The molecule has 2 atom stereocenters. The smallest absolute Gasteiger partial charge is 0.390 e. The van der Waals surface area contributed by atoms with Crippen molar-refractivity contribution in [3.05, 3.63) is 30.1 Å². The molecule has 1 aliphatic rings. The van der Waals surface area contributed by atoms with Gasteiger partial charge in [-0.05, 0) is 11.6 Å². The number of rotatable bonds is 5. The molecule has 0 aromatic carbocycles. The Kier molecular flexibility index (Phi) is 4.95. The van der Waals surface area contributed by atoms with E-state index in [1.54, 1.807) is 12.1 Å².